The molecule has 0 saturated carbocycles. The van der Waals surface area contributed by atoms with E-state index in [2.05, 4.69) is 68.0 Å². The molecule has 0 radical (unpaired) electrons. The Morgan fingerprint density at radius 3 is 2.69 bits per heavy atom. The number of halogens is 2. The quantitative estimate of drug-likeness (QED) is 0.710. The highest BCUT2D eigenvalue weighted by molar-refractivity contribution is 9.11. The summed E-state index contributed by atoms with van der Waals surface area (Å²) in [5, 5.41) is 0. The van der Waals surface area contributed by atoms with Crippen LogP contribution < -0.4 is 0 Å². The molecule has 0 aliphatic heterocycles. The third-order valence-corrected chi connectivity index (χ3v) is 5.12. The standard InChI is InChI=1S/C12H11Br2NS/c1-8-2-3-9(15-7-8)6-10(13)11-4-5-12(14)16-11/h2-5,7,10H,6H2,1H3. The van der Waals surface area contributed by atoms with Crippen LogP contribution in [0.15, 0.2) is 34.2 Å². The van der Waals surface area contributed by atoms with Crippen LogP contribution in [0.1, 0.15) is 21.0 Å². The van der Waals surface area contributed by atoms with E-state index in [9.17, 15) is 0 Å². The van der Waals surface area contributed by atoms with Crippen LogP contribution in [-0.2, 0) is 6.42 Å². The van der Waals surface area contributed by atoms with Gasteiger partial charge in [-0.3, -0.25) is 4.98 Å². The van der Waals surface area contributed by atoms with Gasteiger partial charge in [0, 0.05) is 23.2 Å². The summed E-state index contributed by atoms with van der Waals surface area (Å²) < 4.78 is 1.17. The predicted octanol–water partition coefficient (Wildman–Crippen LogP) is 4.89. The average Bonchev–Trinajstić information content (AvgIpc) is 2.68. The van der Waals surface area contributed by atoms with Crippen LogP contribution in [0.5, 0.6) is 0 Å². The second-order valence-electron chi connectivity index (χ2n) is 3.64. The van der Waals surface area contributed by atoms with Crippen molar-refractivity contribution in [1.29, 1.82) is 0 Å². The Balaban J connectivity index is 2.07. The van der Waals surface area contributed by atoms with Crippen LogP contribution in [-0.4, -0.2) is 4.98 Å². The molecule has 0 amide bonds. The molecule has 84 valence electrons. The van der Waals surface area contributed by atoms with Gasteiger partial charge >= 0.3 is 0 Å². The molecule has 2 rings (SSSR count). The second-order valence-corrected chi connectivity index (χ2v) is 7.24. The largest absolute Gasteiger partial charge is 0.261 e. The van der Waals surface area contributed by atoms with E-state index in [4.69, 9.17) is 0 Å². The maximum atomic E-state index is 4.41. The van der Waals surface area contributed by atoms with Gasteiger partial charge in [0.05, 0.1) is 8.61 Å². The van der Waals surface area contributed by atoms with E-state index >= 15 is 0 Å². The third kappa shape index (κ3) is 3.15. The molecule has 0 aromatic carbocycles. The maximum absolute atomic E-state index is 4.41. The van der Waals surface area contributed by atoms with E-state index in [0.29, 0.717) is 4.83 Å². The molecule has 2 aromatic heterocycles. The van der Waals surface area contributed by atoms with Crippen molar-refractivity contribution < 1.29 is 0 Å². The highest BCUT2D eigenvalue weighted by atomic mass is 79.9. The first-order valence-corrected chi connectivity index (χ1v) is 7.48. The van der Waals surface area contributed by atoms with Crippen LogP contribution >= 0.6 is 43.2 Å². The van der Waals surface area contributed by atoms with Crippen LogP contribution in [0.4, 0.5) is 0 Å². The van der Waals surface area contributed by atoms with Gasteiger partial charge in [0.1, 0.15) is 0 Å². The number of alkyl halides is 1. The molecule has 0 bridgehead atoms. The summed E-state index contributed by atoms with van der Waals surface area (Å²) in [6.45, 7) is 2.05. The van der Waals surface area contributed by atoms with Gasteiger partial charge in [-0.1, -0.05) is 22.0 Å². The Morgan fingerprint density at radius 1 is 1.31 bits per heavy atom. The molecule has 1 unspecified atom stereocenters. The lowest BCUT2D eigenvalue weighted by molar-refractivity contribution is 0.917. The summed E-state index contributed by atoms with van der Waals surface area (Å²) in [4.78, 5) is 6.09. The van der Waals surface area contributed by atoms with Crippen molar-refractivity contribution in [3.8, 4) is 0 Å². The van der Waals surface area contributed by atoms with Gasteiger partial charge in [-0.05, 0) is 46.6 Å². The minimum atomic E-state index is 0.346. The SMILES string of the molecule is Cc1ccc(CC(Br)c2ccc(Br)s2)nc1. The lowest BCUT2D eigenvalue weighted by atomic mass is 10.2. The van der Waals surface area contributed by atoms with Crippen LogP contribution in [0.25, 0.3) is 0 Å². The third-order valence-electron chi connectivity index (χ3n) is 2.26. The molecular formula is C12H11Br2NS. The summed E-state index contributed by atoms with van der Waals surface area (Å²) in [5.74, 6) is 0. The zero-order chi connectivity index (χ0) is 11.5. The van der Waals surface area contributed by atoms with Crippen molar-refractivity contribution in [2.75, 3.05) is 0 Å². The molecule has 16 heavy (non-hydrogen) atoms. The molecule has 4 heteroatoms. The second kappa shape index (κ2) is 5.43. The average molecular weight is 361 g/mol. The number of aryl methyl sites for hydroxylation is 1. The lowest BCUT2D eigenvalue weighted by Crippen LogP contribution is -1.95. The maximum Gasteiger partial charge on any atom is 0.0701 e. The van der Waals surface area contributed by atoms with Gasteiger partial charge in [-0.25, -0.2) is 0 Å². The first-order chi connectivity index (χ1) is 7.65. The van der Waals surface area contributed by atoms with E-state index in [1.54, 1.807) is 11.3 Å². The zero-order valence-electron chi connectivity index (χ0n) is 8.78. The molecule has 0 aliphatic rings. The van der Waals surface area contributed by atoms with E-state index in [-0.39, 0.29) is 0 Å². The van der Waals surface area contributed by atoms with Crippen molar-refractivity contribution in [2.24, 2.45) is 0 Å². The smallest absolute Gasteiger partial charge is 0.0701 e. The number of nitrogens with zero attached hydrogens (tertiary/aromatic N) is 1. The Bertz CT molecular complexity index is 464. The van der Waals surface area contributed by atoms with Gasteiger partial charge in [0.25, 0.3) is 0 Å². The molecule has 1 atom stereocenters. The molecular weight excluding hydrogens is 350 g/mol. The summed E-state index contributed by atoms with van der Waals surface area (Å²) in [7, 11) is 0. The molecule has 0 saturated heterocycles. The number of hydrogen-bond donors (Lipinski definition) is 0. The van der Waals surface area contributed by atoms with E-state index in [0.717, 1.165) is 12.1 Å². The molecule has 0 aliphatic carbocycles. The Hall–Kier alpha value is -0.190. The molecule has 0 N–H and O–H groups in total. The number of rotatable bonds is 3. The fourth-order valence-corrected chi connectivity index (χ4v) is 3.57. The van der Waals surface area contributed by atoms with E-state index in [1.165, 1.54) is 14.2 Å². The fourth-order valence-electron chi connectivity index (χ4n) is 1.40. The number of hydrogen-bond acceptors (Lipinski definition) is 2. The van der Waals surface area contributed by atoms with Crippen molar-refractivity contribution >= 4 is 43.2 Å². The molecule has 0 spiro atoms. The molecule has 1 nitrogen and oxygen atoms in total. The topological polar surface area (TPSA) is 12.9 Å². The fraction of sp³-hybridized carbons (Fsp3) is 0.250. The normalized spacial score (nSPS) is 12.7. The minimum absolute atomic E-state index is 0.346. The van der Waals surface area contributed by atoms with Gasteiger partial charge in [-0.2, -0.15) is 0 Å². The summed E-state index contributed by atoms with van der Waals surface area (Å²) in [6.07, 6.45) is 2.84. The van der Waals surface area contributed by atoms with E-state index in [1.807, 2.05) is 6.20 Å². The Kier molecular flexibility index (Phi) is 4.16. The Labute approximate surface area is 116 Å². The van der Waals surface area contributed by atoms with Crippen molar-refractivity contribution in [2.45, 2.75) is 18.2 Å². The Morgan fingerprint density at radius 2 is 2.12 bits per heavy atom. The highest BCUT2D eigenvalue weighted by Gasteiger charge is 2.11. The van der Waals surface area contributed by atoms with Crippen LogP contribution in [0.2, 0.25) is 0 Å². The monoisotopic (exact) mass is 359 g/mol. The van der Waals surface area contributed by atoms with Gasteiger partial charge in [-0.15, -0.1) is 11.3 Å². The first kappa shape index (κ1) is 12.3. The van der Waals surface area contributed by atoms with E-state index < -0.39 is 0 Å². The first-order valence-electron chi connectivity index (χ1n) is 4.96. The molecule has 2 heterocycles. The number of pyridine rings is 1. The predicted molar refractivity (Wildman–Crippen MR) is 76.4 cm³/mol. The van der Waals surface area contributed by atoms with Crippen LogP contribution in [0.3, 0.4) is 0 Å². The van der Waals surface area contributed by atoms with Gasteiger partial charge in [0.15, 0.2) is 0 Å². The van der Waals surface area contributed by atoms with Crippen molar-refractivity contribution in [1.82, 2.24) is 4.98 Å². The summed E-state index contributed by atoms with van der Waals surface area (Å²) in [6, 6.07) is 8.41. The number of thiophene rings is 1. The molecule has 2 aromatic rings. The van der Waals surface area contributed by atoms with Crippen molar-refractivity contribution in [3.05, 3.63) is 50.4 Å². The highest BCUT2D eigenvalue weighted by Crippen LogP contribution is 2.34. The zero-order valence-corrected chi connectivity index (χ0v) is 12.8. The van der Waals surface area contributed by atoms with Crippen molar-refractivity contribution in [3.63, 3.8) is 0 Å². The molecule has 0 fully saturated rings. The summed E-state index contributed by atoms with van der Waals surface area (Å²) >= 11 is 8.94. The van der Waals surface area contributed by atoms with Crippen LogP contribution in [0, 0.1) is 6.92 Å². The summed E-state index contributed by atoms with van der Waals surface area (Å²) in [5.41, 5.74) is 2.32. The number of aromatic nitrogens is 1. The van der Waals surface area contributed by atoms with Gasteiger partial charge in [0.2, 0.25) is 0 Å². The van der Waals surface area contributed by atoms with Gasteiger partial charge < -0.3 is 0 Å². The minimum Gasteiger partial charge on any atom is -0.261 e. The lowest BCUT2D eigenvalue weighted by Gasteiger charge is -2.06.